The predicted molar refractivity (Wildman–Crippen MR) is 81.0 cm³/mol. The largest absolute Gasteiger partial charge is 0.398 e. The van der Waals surface area contributed by atoms with Crippen molar-refractivity contribution in [2.75, 3.05) is 19.1 Å². The zero-order valence-electron chi connectivity index (χ0n) is 9.61. The van der Waals surface area contributed by atoms with Gasteiger partial charge in [-0.3, -0.25) is 0 Å². The van der Waals surface area contributed by atoms with Crippen molar-refractivity contribution >= 4 is 45.4 Å². The molecule has 0 amide bonds. The summed E-state index contributed by atoms with van der Waals surface area (Å²) < 4.78 is 13.2. The molecule has 0 spiro atoms. The van der Waals surface area contributed by atoms with Crippen LogP contribution in [0, 0.1) is 0 Å². The van der Waals surface area contributed by atoms with Crippen molar-refractivity contribution in [3.05, 3.63) is 34.1 Å². The van der Waals surface area contributed by atoms with Crippen molar-refractivity contribution in [3.63, 3.8) is 0 Å². The first-order chi connectivity index (χ1) is 7.88. The van der Waals surface area contributed by atoms with E-state index < -0.39 is 7.14 Å². The Labute approximate surface area is 113 Å². The number of thiophene rings is 1. The normalized spacial score (nSPS) is 11.7. The van der Waals surface area contributed by atoms with E-state index in [-0.39, 0.29) is 0 Å². The minimum Gasteiger partial charge on any atom is -0.398 e. The molecule has 0 fully saturated rings. The van der Waals surface area contributed by atoms with Gasteiger partial charge in [-0.05, 0) is 59.1 Å². The molecule has 1 aromatic heterocycles. The zero-order valence-corrected chi connectivity index (χ0v) is 12.9. The van der Waals surface area contributed by atoms with E-state index in [1.54, 1.807) is 24.7 Å². The van der Waals surface area contributed by atoms with Gasteiger partial charge < -0.3 is 10.3 Å². The van der Waals surface area contributed by atoms with E-state index in [2.05, 4.69) is 15.9 Å². The minimum atomic E-state index is -2.33. The number of halogens is 1. The van der Waals surface area contributed by atoms with Gasteiger partial charge >= 0.3 is 0 Å². The van der Waals surface area contributed by atoms with E-state index in [0.717, 1.165) is 19.5 Å². The Morgan fingerprint density at radius 1 is 1.24 bits per heavy atom. The molecular formula is C12H13BrNOPS. The van der Waals surface area contributed by atoms with Gasteiger partial charge in [-0.15, -0.1) is 11.3 Å². The number of nitrogens with two attached hydrogens (primary N) is 1. The van der Waals surface area contributed by atoms with Crippen LogP contribution in [0.4, 0.5) is 5.69 Å². The van der Waals surface area contributed by atoms with E-state index in [1.807, 2.05) is 30.3 Å². The van der Waals surface area contributed by atoms with Crippen LogP contribution in [0.1, 0.15) is 0 Å². The minimum absolute atomic E-state index is 0.609. The Bertz CT molecular complexity index is 602. The summed E-state index contributed by atoms with van der Waals surface area (Å²) in [6.45, 7) is 3.49. The van der Waals surface area contributed by atoms with Crippen LogP contribution in [0.15, 0.2) is 34.1 Å². The molecular weight excluding hydrogens is 317 g/mol. The summed E-state index contributed by atoms with van der Waals surface area (Å²) in [5.41, 5.74) is 7.55. The van der Waals surface area contributed by atoms with E-state index in [1.165, 1.54) is 0 Å². The third kappa shape index (κ3) is 2.82. The van der Waals surface area contributed by atoms with E-state index in [0.29, 0.717) is 5.69 Å². The molecule has 5 heteroatoms. The standard InChI is InChI=1S/C12H13BrNOPS/c1-16(2,15)10-7-8(3-4-9(10)14)11-5-6-12(13)17-11/h3-7H,14H2,1-2H3. The first kappa shape index (κ1) is 12.9. The summed E-state index contributed by atoms with van der Waals surface area (Å²) in [6.07, 6.45) is 0. The highest BCUT2D eigenvalue weighted by Crippen LogP contribution is 2.39. The average molecular weight is 330 g/mol. The molecule has 0 atom stereocenters. The molecule has 0 aliphatic heterocycles. The van der Waals surface area contributed by atoms with Crippen LogP contribution in [0.3, 0.4) is 0 Å². The summed E-state index contributed by atoms with van der Waals surface area (Å²) in [7, 11) is -2.33. The third-order valence-electron chi connectivity index (χ3n) is 2.47. The van der Waals surface area contributed by atoms with Gasteiger partial charge in [-0.2, -0.15) is 0 Å². The number of anilines is 1. The van der Waals surface area contributed by atoms with Crippen LogP contribution in [-0.4, -0.2) is 13.3 Å². The molecule has 2 aromatic rings. The molecule has 0 aliphatic rings. The third-order valence-corrected chi connectivity index (χ3v) is 5.69. The predicted octanol–water partition coefficient (Wildman–Crippen LogP) is 4.01. The van der Waals surface area contributed by atoms with Gasteiger partial charge in [0.15, 0.2) is 0 Å². The molecule has 2 nitrogen and oxygen atoms in total. The number of rotatable bonds is 2. The summed E-state index contributed by atoms with van der Waals surface area (Å²) in [4.78, 5) is 1.14. The van der Waals surface area contributed by atoms with E-state index in [9.17, 15) is 4.57 Å². The second kappa shape index (κ2) is 4.60. The average Bonchev–Trinajstić information content (AvgIpc) is 2.64. The van der Waals surface area contributed by atoms with Gasteiger partial charge in [-0.25, -0.2) is 0 Å². The fourth-order valence-corrected chi connectivity index (χ4v) is 4.16. The van der Waals surface area contributed by atoms with Gasteiger partial charge in [0, 0.05) is 15.9 Å². The van der Waals surface area contributed by atoms with Crippen molar-refractivity contribution in [2.45, 2.75) is 0 Å². The summed E-state index contributed by atoms with van der Waals surface area (Å²) in [5, 5.41) is 0.763. The molecule has 0 radical (unpaired) electrons. The molecule has 0 aliphatic carbocycles. The molecule has 2 rings (SSSR count). The molecule has 1 aromatic carbocycles. The van der Waals surface area contributed by atoms with Gasteiger partial charge in [-0.1, -0.05) is 6.07 Å². The Morgan fingerprint density at radius 2 is 1.94 bits per heavy atom. The molecule has 17 heavy (non-hydrogen) atoms. The van der Waals surface area contributed by atoms with E-state index >= 15 is 0 Å². The fourth-order valence-electron chi connectivity index (χ4n) is 1.63. The molecule has 2 N–H and O–H groups in total. The topological polar surface area (TPSA) is 43.1 Å². The van der Waals surface area contributed by atoms with Crippen molar-refractivity contribution in [2.24, 2.45) is 0 Å². The first-order valence-electron chi connectivity index (χ1n) is 5.09. The second-order valence-corrected chi connectivity index (χ2v) is 9.87. The molecule has 0 saturated heterocycles. The number of nitrogen functional groups attached to an aromatic ring is 1. The highest BCUT2D eigenvalue weighted by Gasteiger charge is 2.16. The van der Waals surface area contributed by atoms with Gasteiger partial charge in [0.1, 0.15) is 7.14 Å². The van der Waals surface area contributed by atoms with Crippen molar-refractivity contribution < 1.29 is 4.57 Å². The van der Waals surface area contributed by atoms with Crippen molar-refractivity contribution in [3.8, 4) is 10.4 Å². The molecule has 0 unspecified atom stereocenters. The molecule has 1 heterocycles. The van der Waals surface area contributed by atoms with E-state index in [4.69, 9.17) is 5.73 Å². The van der Waals surface area contributed by atoms with Crippen LogP contribution in [0.2, 0.25) is 0 Å². The lowest BCUT2D eigenvalue weighted by Crippen LogP contribution is -2.09. The summed E-state index contributed by atoms with van der Waals surface area (Å²) in [6, 6.07) is 9.78. The number of benzene rings is 1. The quantitative estimate of drug-likeness (QED) is 0.668. The molecule has 0 saturated carbocycles. The smallest absolute Gasteiger partial charge is 0.111 e. The lowest BCUT2D eigenvalue weighted by atomic mass is 10.2. The van der Waals surface area contributed by atoms with Gasteiger partial charge in [0.2, 0.25) is 0 Å². The lowest BCUT2D eigenvalue weighted by Gasteiger charge is -2.11. The Balaban J connectivity index is 2.55. The monoisotopic (exact) mass is 329 g/mol. The molecule has 90 valence electrons. The van der Waals surface area contributed by atoms with Crippen molar-refractivity contribution in [1.29, 1.82) is 0 Å². The van der Waals surface area contributed by atoms with Gasteiger partial charge in [0.25, 0.3) is 0 Å². The van der Waals surface area contributed by atoms with Crippen molar-refractivity contribution in [1.82, 2.24) is 0 Å². The van der Waals surface area contributed by atoms with Crippen LogP contribution in [0.5, 0.6) is 0 Å². The second-order valence-electron chi connectivity index (χ2n) is 4.23. The van der Waals surface area contributed by atoms with Crippen LogP contribution >= 0.6 is 34.4 Å². The highest BCUT2D eigenvalue weighted by atomic mass is 79.9. The van der Waals surface area contributed by atoms with Gasteiger partial charge in [0.05, 0.1) is 3.79 Å². The maximum absolute atomic E-state index is 12.1. The SMILES string of the molecule is CP(C)(=O)c1cc(-c2ccc(Br)s2)ccc1N. The number of hydrogen-bond acceptors (Lipinski definition) is 3. The van der Waals surface area contributed by atoms with Crippen LogP contribution in [0.25, 0.3) is 10.4 Å². The zero-order chi connectivity index (χ0) is 12.6. The first-order valence-corrected chi connectivity index (χ1v) is 9.30. The van der Waals surface area contributed by atoms with Crippen LogP contribution in [-0.2, 0) is 4.57 Å². The van der Waals surface area contributed by atoms with Crippen LogP contribution < -0.4 is 11.0 Å². The Kier molecular flexibility index (Phi) is 3.48. The summed E-state index contributed by atoms with van der Waals surface area (Å²) >= 11 is 5.09. The maximum Gasteiger partial charge on any atom is 0.111 e. The lowest BCUT2D eigenvalue weighted by molar-refractivity contribution is 0.588. The maximum atomic E-state index is 12.1. The number of hydrogen-bond donors (Lipinski definition) is 1. The highest BCUT2D eigenvalue weighted by molar-refractivity contribution is 9.11. The Hall–Kier alpha value is -0.570. The molecule has 0 bridgehead atoms. The fraction of sp³-hybridized carbons (Fsp3) is 0.167. The summed E-state index contributed by atoms with van der Waals surface area (Å²) in [5.74, 6) is 0. The Morgan fingerprint density at radius 3 is 2.47 bits per heavy atom.